The highest BCUT2D eigenvalue weighted by Gasteiger charge is 1.47. The van der Waals surface area contributed by atoms with Gasteiger partial charge in [0.1, 0.15) is 0 Å². The summed E-state index contributed by atoms with van der Waals surface area (Å²) in [6.45, 7) is 3.47. The average Bonchev–Trinajstić information content (AvgIpc) is 1.37. The topological polar surface area (TPSA) is 0 Å². The molecule has 0 rings (SSSR count). The molecule has 0 saturated heterocycles. The number of hydrogen-bond donors (Lipinski definition) is 0. The largest absolute Gasteiger partial charge is 0.269 e. The van der Waals surface area contributed by atoms with Gasteiger partial charge in [-0.2, -0.15) is 0 Å². The second-order valence-corrected chi connectivity index (χ2v) is 1.32. The second-order valence-electron chi connectivity index (χ2n) is 0.443. The quantitative estimate of drug-likeness (QED) is 0.334. The third-order valence-electron chi connectivity index (χ3n) is 0.109. The van der Waals surface area contributed by atoms with Crippen LogP contribution in [-0.2, 0) is 0 Å². The highest BCUT2D eigenvalue weighted by molar-refractivity contribution is 14.1. The van der Waals surface area contributed by atoms with Crippen LogP contribution in [0.15, 0.2) is 12.7 Å². The highest BCUT2D eigenvalue weighted by Crippen LogP contribution is 1.75. The van der Waals surface area contributed by atoms with E-state index in [-0.39, 0.29) is 4.70 Å². The summed E-state index contributed by atoms with van der Waals surface area (Å²) < 4.78 is 1.05. The SMILES string of the molecule is C=CCI.F. The van der Waals surface area contributed by atoms with Gasteiger partial charge in [0.05, 0.1) is 0 Å². The summed E-state index contributed by atoms with van der Waals surface area (Å²) in [7, 11) is 0. The molecular formula is C3H6FI. The molecule has 0 aliphatic carbocycles. The van der Waals surface area contributed by atoms with Gasteiger partial charge in [-0.05, 0) is 0 Å². The highest BCUT2D eigenvalue weighted by atomic mass is 127. The zero-order valence-electron chi connectivity index (χ0n) is 2.78. The standard InChI is InChI=1S/C3H5I.FH/c1-2-3-4;/h2H,1,3H2;1H. The number of alkyl halides is 1. The lowest BCUT2D eigenvalue weighted by Gasteiger charge is -1.55. The molecule has 0 aliphatic heterocycles. The predicted molar refractivity (Wildman–Crippen MR) is 31.6 cm³/mol. The van der Waals surface area contributed by atoms with E-state index in [0.717, 1.165) is 4.43 Å². The van der Waals surface area contributed by atoms with Crippen molar-refractivity contribution in [2.45, 2.75) is 0 Å². The van der Waals surface area contributed by atoms with Crippen molar-refractivity contribution in [1.82, 2.24) is 0 Å². The lowest BCUT2D eigenvalue weighted by molar-refractivity contribution is 1.11. The monoisotopic (exact) mass is 188 g/mol. The van der Waals surface area contributed by atoms with E-state index in [1.807, 2.05) is 6.08 Å². The van der Waals surface area contributed by atoms with Crippen LogP contribution in [0.1, 0.15) is 0 Å². The van der Waals surface area contributed by atoms with Crippen molar-refractivity contribution in [1.29, 1.82) is 0 Å². The number of rotatable bonds is 1. The van der Waals surface area contributed by atoms with Crippen molar-refractivity contribution >= 4 is 22.6 Å². The fourth-order valence-electron chi connectivity index (χ4n) is 0. The van der Waals surface area contributed by atoms with Crippen LogP contribution in [0, 0.1) is 0 Å². The summed E-state index contributed by atoms with van der Waals surface area (Å²) in [6.07, 6.45) is 1.86. The molecule has 0 unspecified atom stereocenters. The van der Waals surface area contributed by atoms with Gasteiger partial charge in [0, 0.05) is 4.43 Å². The van der Waals surface area contributed by atoms with Crippen LogP contribution in [0.4, 0.5) is 4.70 Å². The first-order valence-corrected chi connectivity index (χ1v) is 2.61. The van der Waals surface area contributed by atoms with Crippen molar-refractivity contribution in [3.05, 3.63) is 12.7 Å². The van der Waals surface area contributed by atoms with E-state index in [1.54, 1.807) is 0 Å². The van der Waals surface area contributed by atoms with Crippen LogP contribution in [0.25, 0.3) is 0 Å². The summed E-state index contributed by atoms with van der Waals surface area (Å²) in [5.74, 6) is 0. The van der Waals surface area contributed by atoms with Gasteiger partial charge in [0.25, 0.3) is 0 Å². The minimum atomic E-state index is 0. The molecular weight excluding hydrogens is 182 g/mol. The summed E-state index contributed by atoms with van der Waals surface area (Å²) in [5, 5.41) is 0. The molecule has 32 valence electrons. The Balaban J connectivity index is 0. The summed E-state index contributed by atoms with van der Waals surface area (Å²) in [5.41, 5.74) is 0. The molecule has 0 radical (unpaired) electrons. The van der Waals surface area contributed by atoms with Crippen molar-refractivity contribution < 1.29 is 4.70 Å². The van der Waals surface area contributed by atoms with E-state index in [4.69, 9.17) is 0 Å². The van der Waals surface area contributed by atoms with E-state index in [1.165, 1.54) is 0 Å². The smallest absolute Gasteiger partial charge is 0.0173 e. The van der Waals surface area contributed by atoms with E-state index in [2.05, 4.69) is 29.2 Å². The maximum absolute atomic E-state index is 3.47. The summed E-state index contributed by atoms with van der Waals surface area (Å²) >= 11 is 2.23. The molecule has 0 amide bonds. The number of allylic oxidation sites excluding steroid dienone is 1. The minimum absolute atomic E-state index is 0. The lowest BCUT2D eigenvalue weighted by Crippen LogP contribution is -1.43. The Morgan fingerprint density at radius 1 is 1.80 bits per heavy atom. The predicted octanol–water partition coefficient (Wildman–Crippen LogP) is 1.76. The van der Waals surface area contributed by atoms with Gasteiger partial charge < -0.3 is 0 Å². The minimum Gasteiger partial charge on any atom is -0.269 e. The molecule has 0 heterocycles. The first-order chi connectivity index (χ1) is 1.91. The van der Waals surface area contributed by atoms with Crippen molar-refractivity contribution in [3.63, 3.8) is 0 Å². The molecule has 0 spiro atoms. The third-order valence-corrected chi connectivity index (χ3v) is 0.732. The molecule has 0 fully saturated rings. The molecule has 0 aromatic rings. The molecule has 0 saturated carbocycles. The summed E-state index contributed by atoms with van der Waals surface area (Å²) in [6, 6.07) is 0. The van der Waals surface area contributed by atoms with Crippen molar-refractivity contribution in [2.75, 3.05) is 4.43 Å². The molecule has 0 bridgehead atoms. The van der Waals surface area contributed by atoms with Gasteiger partial charge in [-0.1, -0.05) is 28.7 Å². The van der Waals surface area contributed by atoms with Crippen molar-refractivity contribution in [2.24, 2.45) is 0 Å². The van der Waals surface area contributed by atoms with Gasteiger partial charge in [0.2, 0.25) is 0 Å². The van der Waals surface area contributed by atoms with E-state index in [0.29, 0.717) is 0 Å². The molecule has 0 aliphatic rings. The Morgan fingerprint density at radius 2 is 2.00 bits per heavy atom. The van der Waals surface area contributed by atoms with Gasteiger partial charge in [-0.25, -0.2) is 0 Å². The molecule has 0 aromatic heterocycles. The van der Waals surface area contributed by atoms with Crippen LogP contribution in [0.2, 0.25) is 0 Å². The molecule has 0 aromatic carbocycles. The molecule has 2 heteroatoms. The molecule has 0 nitrogen and oxygen atoms in total. The van der Waals surface area contributed by atoms with Crippen LogP contribution in [0.5, 0.6) is 0 Å². The Labute approximate surface area is 44.8 Å². The normalized spacial score (nSPS) is 5.00. The van der Waals surface area contributed by atoms with E-state index < -0.39 is 0 Å². The molecule has 0 N–H and O–H groups in total. The van der Waals surface area contributed by atoms with Gasteiger partial charge in [0.15, 0.2) is 0 Å². The zero-order valence-corrected chi connectivity index (χ0v) is 4.94. The maximum Gasteiger partial charge on any atom is 0.0173 e. The maximum atomic E-state index is 3.47. The average molecular weight is 188 g/mol. The van der Waals surface area contributed by atoms with Crippen LogP contribution < -0.4 is 0 Å². The van der Waals surface area contributed by atoms with Gasteiger partial charge >= 0.3 is 0 Å². The third kappa shape index (κ3) is 12.9. The zero-order chi connectivity index (χ0) is 3.41. The number of halogens is 2. The van der Waals surface area contributed by atoms with Crippen LogP contribution in [0.3, 0.4) is 0 Å². The fraction of sp³-hybridized carbons (Fsp3) is 0.333. The van der Waals surface area contributed by atoms with Crippen molar-refractivity contribution in [3.8, 4) is 0 Å². The van der Waals surface area contributed by atoms with Crippen LogP contribution in [-0.4, -0.2) is 4.43 Å². The number of hydrogen-bond acceptors (Lipinski definition) is 0. The van der Waals surface area contributed by atoms with E-state index >= 15 is 0 Å². The summed E-state index contributed by atoms with van der Waals surface area (Å²) in [4.78, 5) is 0. The fourth-order valence-corrected chi connectivity index (χ4v) is 0. The molecule has 0 atom stereocenters. The Kier molecular flexibility index (Phi) is 16.0. The van der Waals surface area contributed by atoms with Gasteiger partial charge in [-0.3, -0.25) is 4.70 Å². The Bertz CT molecular complexity index is 20.9. The van der Waals surface area contributed by atoms with Gasteiger partial charge in [-0.15, -0.1) is 6.58 Å². The first kappa shape index (κ1) is 9.04. The lowest BCUT2D eigenvalue weighted by atomic mass is 10.8. The van der Waals surface area contributed by atoms with Crippen LogP contribution >= 0.6 is 22.6 Å². The molecule has 5 heavy (non-hydrogen) atoms. The Hall–Kier alpha value is 0.400. The Morgan fingerprint density at radius 3 is 2.00 bits per heavy atom. The second kappa shape index (κ2) is 8.83. The van der Waals surface area contributed by atoms with E-state index in [9.17, 15) is 0 Å². The first-order valence-electron chi connectivity index (χ1n) is 1.08.